The lowest BCUT2D eigenvalue weighted by molar-refractivity contribution is -0.135. The van der Waals surface area contributed by atoms with Crippen molar-refractivity contribution < 1.29 is 32.3 Å². The highest BCUT2D eigenvalue weighted by Gasteiger charge is 2.43. The van der Waals surface area contributed by atoms with Crippen LogP contribution < -0.4 is 16.4 Å². The summed E-state index contributed by atoms with van der Waals surface area (Å²) in [7, 11) is -3.09. The first-order valence-electron chi connectivity index (χ1n) is 12.9. The van der Waals surface area contributed by atoms with E-state index in [9.17, 15) is 22.8 Å². The van der Waals surface area contributed by atoms with E-state index >= 15 is 0 Å². The molecule has 210 valence electrons. The normalized spacial score (nSPS) is 18.4. The summed E-state index contributed by atoms with van der Waals surface area (Å²) in [6, 6.07) is 12.1. The van der Waals surface area contributed by atoms with Crippen molar-refractivity contribution in [1.82, 2.24) is 10.6 Å². The maximum atomic E-state index is 13.4. The van der Waals surface area contributed by atoms with Gasteiger partial charge in [0.1, 0.15) is 17.2 Å². The van der Waals surface area contributed by atoms with E-state index in [1.54, 1.807) is 20.8 Å². The van der Waals surface area contributed by atoms with Gasteiger partial charge in [-0.2, -0.15) is 0 Å². The maximum absolute atomic E-state index is 13.4. The van der Waals surface area contributed by atoms with E-state index in [2.05, 4.69) is 10.6 Å². The largest absolute Gasteiger partial charge is 0.444 e. The molecule has 4 N–H and O–H groups in total. The second-order valence-electron chi connectivity index (χ2n) is 11.2. The molecule has 0 bridgehead atoms. The van der Waals surface area contributed by atoms with Gasteiger partial charge in [-0.1, -0.05) is 36.4 Å². The first-order chi connectivity index (χ1) is 18.3. The monoisotopic (exact) mass is 557 g/mol. The Labute approximate surface area is 228 Å². The molecule has 2 aromatic carbocycles. The minimum absolute atomic E-state index is 0.0463. The fourth-order valence-corrected chi connectivity index (χ4v) is 6.42. The van der Waals surface area contributed by atoms with Gasteiger partial charge in [0.15, 0.2) is 9.84 Å². The summed E-state index contributed by atoms with van der Waals surface area (Å²) in [5, 5.41) is 5.43. The topological polar surface area (TPSA) is 154 Å². The van der Waals surface area contributed by atoms with E-state index in [0.29, 0.717) is 0 Å². The summed E-state index contributed by atoms with van der Waals surface area (Å²) in [6.45, 7) is 5.71. The molecule has 11 heteroatoms. The van der Waals surface area contributed by atoms with Crippen molar-refractivity contribution in [2.75, 3.05) is 13.2 Å². The fraction of sp³-hybridized carbons (Fsp3) is 0.464. The Morgan fingerprint density at radius 1 is 1.00 bits per heavy atom. The average molecular weight is 558 g/mol. The Morgan fingerprint density at radius 3 is 2.23 bits per heavy atom. The SMILES string of the molecule is CC(C)(C)OC(=O)NC1(C(=O)N[C@@H](Cc2ccc(-c3ccc4c(c3)CS(=O)(=O)C4)cc2)C(N)=O)CCOCC1. The lowest BCUT2D eigenvalue weighted by atomic mass is 9.88. The molecule has 2 aliphatic rings. The highest BCUT2D eigenvalue weighted by atomic mass is 32.2. The van der Waals surface area contributed by atoms with Crippen LogP contribution in [0.3, 0.4) is 0 Å². The lowest BCUT2D eigenvalue weighted by Crippen LogP contribution is -2.64. The zero-order chi connectivity index (χ0) is 28.4. The summed E-state index contributed by atoms with van der Waals surface area (Å²) < 4.78 is 34.6. The number of rotatable bonds is 7. The number of nitrogens with two attached hydrogens (primary N) is 1. The van der Waals surface area contributed by atoms with Crippen molar-refractivity contribution in [3.63, 3.8) is 0 Å². The number of ether oxygens (including phenoxy) is 2. The Bertz CT molecular complexity index is 1360. The number of hydrogen-bond acceptors (Lipinski definition) is 7. The van der Waals surface area contributed by atoms with Gasteiger partial charge in [-0.15, -0.1) is 0 Å². The fourth-order valence-electron chi connectivity index (χ4n) is 4.82. The average Bonchev–Trinajstić information content (AvgIpc) is 3.16. The Morgan fingerprint density at radius 2 is 1.62 bits per heavy atom. The standard InChI is InChI=1S/C28H35N3O7S/c1-27(2,3)38-26(34)31-28(10-12-37-13-11-28)25(33)30-23(24(29)32)14-18-4-6-19(7-5-18)20-8-9-21-16-39(35,36)17-22(21)15-20/h4-9,15,23H,10-14,16-17H2,1-3H3,(H2,29,32)(H,30,33)(H,31,34)/t23-/m0/s1. The smallest absolute Gasteiger partial charge is 0.408 e. The van der Waals surface area contributed by atoms with Crippen LogP contribution in [0.25, 0.3) is 11.1 Å². The third kappa shape index (κ3) is 7.15. The molecular formula is C28H35N3O7S. The second-order valence-corrected chi connectivity index (χ2v) is 13.2. The number of benzene rings is 2. The summed E-state index contributed by atoms with van der Waals surface area (Å²) in [5.41, 5.74) is 7.82. The van der Waals surface area contributed by atoms with Gasteiger partial charge in [0.25, 0.3) is 0 Å². The number of hydrogen-bond donors (Lipinski definition) is 3. The second kappa shape index (κ2) is 11.0. The van der Waals surface area contributed by atoms with Crippen molar-refractivity contribution in [2.45, 2.75) is 68.7 Å². The van der Waals surface area contributed by atoms with Crippen molar-refractivity contribution in [3.8, 4) is 11.1 Å². The van der Waals surface area contributed by atoms with Crippen LogP contribution in [0.5, 0.6) is 0 Å². The highest BCUT2D eigenvalue weighted by Crippen LogP contribution is 2.30. The number of carbonyl (C=O) groups excluding carboxylic acids is 3. The molecule has 4 rings (SSSR count). The van der Waals surface area contributed by atoms with Crippen LogP contribution in [0, 0.1) is 0 Å². The highest BCUT2D eigenvalue weighted by molar-refractivity contribution is 7.90. The molecule has 2 heterocycles. The Hall–Kier alpha value is -3.44. The van der Waals surface area contributed by atoms with Gasteiger partial charge < -0.3 is 25.8 Å². The summed E-state index contributed by atoms with van der Waals surface area (Å²) in [5.74, 6) is -1.11. The quantitative estimate of drug-likeness (QED) is 0.472. The molecule has 1 fully saturated rings. The molecule has 0 radical (unpaired) electrons. The molecule has 0 aliphatic carbocycles. The van der Waals surface area contributed by atoms with E-state index in [1.165, 1.54) is 0 Å². The van der Waals surface area contributed by atoms with Gasteiger partial charge >= 0.3 is 6.09 Å². The van der Waals surface area contributed by atoms with Gasteiger partial charge in [-0.25, -0.2) is 13.2 Å². The molecule has 0 saturated carbocycles. The molecular weight excluding hydrogens is 522 g/mol. The van der Waals surface area contributed by atoms with E-state index in [1.807, 2.05) is 42.5 Å². The molecule has 3 amide bonds. The van der Waals surface area contributed by atoms with Crippen molar-refractivity contribution in [2.24, 2.45) is 5.73 Å². The summed E-state index contributed by atoms with van der Waals surface area (Å²) in [6.07, 6.45) is -0.126. The summed E-state index contributed by atoms with van der Waals surface area (Å²) >= 11 is 0. The molecule has 0 aromatic heterocycles. The zero-order valence-electron chi connectivity index (χ0n) is 22.4. The molecule has 1 atom stereocenters. The van der Waals surface area contributed by atoms with Crippen LogP contribution in [-0.4, -0.2) is 56.7 Å². The van der Waals surface area contributed by atoms with Crippen LogP contribution in [0.1, 0.15) is 50.3 Å². The third-order valence-corrected chi connectivity index (χ3v) is 8.36. The van der Waals surface area contributed by atoms with Gasteiger partial charge in [0.05, 0.1) is 11.5 Å². The van der Waals surface area contributed by atoms with Crippen molar-refractivity contribution in [3.05, 3.63) is 59.2 Å². The molecule has 10 nitrogen and oxygen atoms in total. The maximum Gasteiger partial charge on any atom is 0.408 e. The molecule has 0 spiro atoms. The number of fused-ring (bicyclic) bond motifs is 1. The first-order valence-corrected chi connectivity index (χ1v) is 14.7. The van der Waals surface area contributed by atoms with E-state index in [4.69, 9.17) is 15.2 Å². The predicted octanol–water partition coefficient (Wildman–Crippen LogP) is 2.37. The zero-order valence-corrected chi connectivity index (χ0v) is 23.2. The molecule has 2 aliphatic heterocycles. The molecule has 1 saturated heterocycles. The number of sulfone groups is 1. The van der Waals surface area contributed by atoms with Gasteiger partial charge in [-0.05, 0) is 54.7 Å². The van der Waals surface area contributed by atoms with Gasteiger partial charge in [-0.3, -0.25) is 9.59 Å². The number of primary amides is 1. The number of carbonyl (C=O) groups is 3. The van der Waals surface area contributed by atoms with Crippen LogP contribution in [0.4, 0.5) is 4.79 Å². The first kappa shape index (κ1) is 28.6. The molecule has 2 aromatic rings. The van der Waals surface area contributed by atoms with Crippen molar-refractivity contribution >= 4 is 27.7 Å². The van der Waals surface area contributed by atoms with E-state index in [-0.39, 0.29) is 44.0 Å². The van der Waals surface area contributed by atoms with Gasteiger partial charge in [0.2, 0.25) is 11.8 Å². The number of amides is 3. The predicted molar refractivity (Wildman–Crippen MR) is 145 cm³/mol. The summed E-state index contributed by atoms with van der Waals surface area (Å²) in [4.78, 5) is 38.2. The van der Waals surface area contributed by atoms with Crippen LogP contribution in [-0.2, 0) is 46.8 Å². The van der Waals surface area contributed by atoms with Crippen LogP contribution >= 0.6 is 0 Å². The van der Waals surface area contributed by atoms with Crippen molar-refractivity contribution in [1.29, 1.82) is 0 Å². The third-order valence-electron chi connectivity index (χ3n) is 6.85. The van der Waals surface area contributed by atoms with Crippen LogP contribution in [0.15, 0.2) is 42.5 Å². The van der Waals surface area contributed by atoms with Gasteiger partial charge in [0, 0.05) is 32.5 Å². The Balaban J connectivity index is 1.46. The van der Waals surface area contributed by atoms with E-state index in [0.717, 1.165) is 27.8 Å². The number of alkyl carbamates (subject to hydrolysis) is 1. The number of nitrogens with one attached hydrogen (secondary N) is 2. The van der Waals surface area contributed by atoms with E-state index < -0.39 is 44.9 Å². The minimum Gasteiger partial charge on any atom is -0.444 e. The minimum atomic E-state index is -3.09. The Kier molecular flexibility index (Phi) is 8.04. The van der Waals surface area contributed by atoms with Crippen LogP contribution in [0.2, 0.25) is 0 Å². The molecule has 39 heavy (non-hydrogen) atoms. The molecule has 0 unspecified atom stereocenters. The lowest BCUT2D eigenvalue weighted by Gasteiger charge is -2.37.